The number of amides is 1. The minimum absolute atomic E-state index is 0.229. The molecule has 3 aromatic rings. The first-order chi connectivity index (χ1) is 10.6. The first kappa shape index (κ1) is 14.3. The van der Waals surface area contributed by atoms with Crippen LogP contribution in [-0.2, 0) is 6.54 Å². The summed E-state index contributed by atoms with van der Waals surface area (Å²) in [6.45, 7) is 2.08. The third-order valence-corrected chi connectivity index (χ3v) is 3.26. The minimum Gasteiger partial charge on any atom is -0.340 e. The quantitative estimate of drug-likeness (QED) is 0.802. The molecule has 112 valence electrons. The molecule has 7 heteroatoms. The third-order valence-electron chi connectivity index (χ3n) is 3.03. The molecule has 3 rings (SSSR count). The van der Waals surface area contributed by atoms with E-state index >= 15 is 0 Å². The van der Waals surface area contributed by atoms with Crippen LogP contribution in [0.4, 0.5) is 5.69 Å². The van der Waals surface area contributed by atoms with E-state index in [0.717, 1.165) is 0 Å². The lowest BCUT2D eigenvalue weighted by Gasteiger charge is -2.08. The largest absolute Gasteiger partial charge is 0.340 e. The molecule has 0 bridgehead atoms. The number of nitrogens with one attached hydrogen (secondary N) is 1. The predicted molar refractivity (Wildman–Crippen MR) is 82.0 cm³/mol. The molecule has 6 nitrogen and oxygen atoms in total. The molecule has 0 fully saturated rings. The van der Waals surface area contributed by atoms with Gasteiger partial charge in [-0.3, -0.25) is 4.79 Å². The standard InChI is InChI=1S/C15H13ClN4O2/c1-10-17-14(19-22-10)9-20-7-3-6-13(20)15(21)18-12-5-2-4-11(16)8-12/h2-8H,9H2,1H3,(H,18,21). The zero-order valence-corrected chi connectivity index (χ0v) is 12.5. The summed E-state index contributed by atoms with van der Waals surface area (Å²) in [7, 11) is 0. The number of benzene rings is 1. The number of hydrogen-bond donors (Lipinski definition) is 1. The Kier molecular flexibility index (Phi) is 3.93. The van der Waals surface area contributed by atoms with Gasteiger partial charge in [-0.1, -0.05) is 22.8 Å². The van der Waals surface area contributed by atoms with Crippen molar-refractivity contribution in [2.24, 2.45) is 0 Å². The zero-order chi connectivity index (χ0) is 15.5. The second-order valence-electron chi connectivity index (χ2n) is 4.72. The van der Waals surface area contributed by atoms with Gasteiger partial charge in [-0.15, -0.1) is 0 Å². The van der Waals surface area contributed by atoms with E-state index < -0.39 is 0 Å². The summed E-state index contributed by atoms with van der Waals surface area (Å²) in [4.78, 5) is 16.5. The van der Waals surface area contributed by atoms with Crippen molar-refractivity contribution in [3.8, 4) is 0 Å². The van der Waals surface area contributed by atoms with Crippen molar-refractivity contribution in [2.75, 3.05) is 5.32 Å². The van der Waals surface area contributed by atoms with Gasteiger partial charge in [0, 0.05) is 23.8 Å². The number of aromatic nitrogens is 3. The van der Waals surface area contributed by atoms with E-state index in [0.29, 0.717) is 34.7 Å². The highest BCUT2D eigenvalue weighted by Crippen LogP contribution is 2.16. The molecule has 1 amide bonds. The van der Waals surface area contributed by atoms with Gasteiger partial charge < -0.3 is 14.4 Å². The summed E-state index contributed by atoms with van der Waals surface area (Å²) in [6.07, 6.45) is 1.79. The van der Waals surface area contributed by atoms with Crippen LogP contribution < -0.4 is 5.32 Å². The fourth-order valence-corrected chi connectivity index (χ4v) is 2.27. The molecule has 1 aromatic carbocycles. The fraction of sp³-hybridized carbons (Fsp3) is 0.133. The highest BCUT2D eigenvalue weighted by atomic mass is 35.5. The van der Waals surface area contributed by atoms with Gasteiger partial charge in [-0.2, -0.15) is 4.98 Å². The smallest absolute Gasteiger partial charge is 0.272 e. The van der Waals surface area contributed by atoms with Crippen molar-refractivity contribution in [1.29, 1.82) is 0 Å². The molecule has 0 atom stereocenters. The molecule has 0 aliphatic heterocycles. The van der Waals surface area contributed by atoms with E-state index in [1.165, 1.54) is 0 Å². The Morgan fingerprint density at radius 3 is 2.95 bits per heavy atom. The van der Waals surface area contributed by atoms with Crippen LogP contribution in [0.5, 0.6) is 0 Å². The van der Waals surface area contributed by atoms with E-state index in [9.17, 15) is 4.79 Å². The van der Waals surface area contributed by atoms with Crippen LogP contribution in [0, 0.1) is 6.92 Å². The maximum Gasteiger partial charge on any atom is 0.272 e. The number of aryl methyl sites for hydroxylation is 1. The van der Waals surface area contributed by atoms with Gasteiger partial charge >= 0.3 is 0 Å². The average Bonchev–Trinajstić information content (AvgIpc) is 3.08. The average molecular weight is 317 g/mol. The highest BCUT2D eigenvalue weighted by molar-refractivity contribution is 6.30. The zero-order valence-electron chi connectivity index (χ0n) is 11.8. The van der Waals surface area contributed by atoms with E-state index in [2.05, 4.69) is 15.5 Å². The van der Waals surface area contributed by atoms with Gasteiger partial charge in [0.2, 0.25) is 5.89 Å². The molecular formula is C15H13ClN4O2. The lowest BCUT2D eigenvalue weighted by molar-refractivity contribution is 0.101. The van der Waals surface area contributed by atoms with Crippen molar-refractivity contribution in [2.45, 2.75) is 13.5 Å². The van der Waals surface area contributed by atoms with Crippen LogP contribution in [0.3, 0.4) is 0 Å². The topological polar surface area (TPSA) is 73.0 Å². The van der Waals surface area contributed by atoms with Crippen LogP contribution in [0.1, 0.15) is 22.2 Å². The monoisotopic (exact) mass is 316 g/mol. The second-order valence-corrected chi connectivity index (χ2v) is 5.15. The maximum absolute atomic E-state index is 12.4. The van der Waals surface area contributed by atoms with Crippen molar-refractivity contribution in [3.05, 3.63) is 65.0 Å². The van der Waals surface area contributed by atoms with E-state index in [1.807, 2.05) is 0 Å². The summed E-state index contributed by atoms with van der Waals surface area (Å²) in [5.41, 5.74) is 1.14. The summed E-state index contributed by atoms with van der Waals surface area (Å²) in [5.74, 6) is 0.782. The van der Waals surface area contributed by atoms with Crippen LogP contribution in [0.15, 0.2) is 47.1 Å². The summed E-state index contributed by atoms with van der Waals surface area (Å²) < 4.78 is 6.69. The molecule has 2 aromatic heterocycles. The number of rotatable bonds is 4. The fourth-order valence-electron chi connectivity index (χ4n) is 2.08. The van der Waals surface area contributed by atoms with E-state index in [1.54, 1.807) is 54.1 Å². The first-order valence-corrected chi connectivity index (χ1v) is 7.01. The van der Waals surface area contributed by atoms with Crippen molar-refractivity contribution in [1.82, 2.24) is 14.7 Å². The lowest BCUT2D eigenvalue weighted by atomic mass is 10.3. The molecule has 22 heavy (non-hydrogen) atoms. The molecule has 0 radical (unpaired) electrons. The Hall–Kier alpha value is -2.60. The second kappa shape index (κ2) is 6.03. The third kappa shape index (κ3) is 3.17. The highest BCUT2D eigenvalue weighted by Gasteiger charge is 2.13. The molecule has 0 unspecified atom stereocenters. The molecule has 0 aliphatic rings. The van der Waals surface area contributed by atoms with Crippen LogP contribution in [0.25, 0.3) is 0 Å². The Morgan fingerprint density at radius 1 is 1.36 bits per heavy atom. The van der Waals surface area contributed by atoms with Gasteiger partial charge in [-0.05, 0) is 30.3 Å². The SMILES string of the molecule is Cc1nc(Cn2cccc2C(=O)Nc2cccc(Cl)c2)no1. The molecule has 0 saturated heterocycles. The molecule has 0 saturated carbocycles. The molecule has 2 heterocycles. The number of halogens is 1. The van der Waals surface area contributed by atoms with E-state index in [-0.39, 0.29) is 5.91 Å². The molecule has 0 spiro atoms. The normalized spacial score (nSPS) is 10.6. The minimum atomic E-state index is -0.229. The number of carbonyl (C=O) groups excluding carboxylic acids is 1. The number of carbonyl (C=O) groups is 1. The van der Waals surface area contributed by atoms with Crippen molar-refractivity contribution in [3.63, 3.8) is 0 Å². The number of nitrogens with zero attached hydrogens (tertiary/aromatic N) is 3. The molecule has 0 aliphatic carbocycles. The Bertz CT molecular complexity index is 809. The Morgan fingerprint density at radius 2 is 2.23 bits per heavy atom. The van der Waals surface area contributed by atoms with Gasteiger partial charge in [-0.25, -0.2) is 0 Å². The summed E-state index contributed by atoms with van der Waals surface area (Å²) >= 11 is 5.91. The number of hydrogen-bond acceptors (Lipinski definition) is 4. The van der Waals surface area contributed by atoms with Crippen LogP contribution in [0.2, 0.25) is 5.02 Å². The molecule has 1 N–H and O–H groups in total. The molecular weight excluding hydrogens is 304 g/mol. The predicted octanol–water partition coefficient (Wildman–Crippen LogP) is 3.13. The van der Waals surface area contributed by atoms with Crippen LogP contribution >= 0.6 is 11.6 Å². The number of anilines is 1. The van der Waals surface area contributed by atoms with Crippen molar-refractivity contribution >= 4 is 23.2 Å². The Labute approximate surface area is 131 Å². The van der Waals surface area contributed by atoms with E-state index in [4.69, 9.17) is 16.1 Å². The lowest BCUT2D eigenvalue weighted by Crippen LogP contribution is -2.17. The van der Waals surface area contributed by atoms with Crippen molar-refractivity contribution < 1.29 is 9.32 Å². The van der Waals surface area contributed by atoms with Gasteiger partial charge in [0.25, 0.3) is 5.91 Å². The van der Waals surface area contributed by atoms with Gasteiger partial charge in [0.1, 0.15) is 5.69 Å². The first-order valence-electron chi connectivity index (χ1n) is 6.63. The Balaban J connectivity index is 1.77. The summed E-state index contributed by atoms with van der Waals surface area (Å²) in [6, 6.07) is 10.5. The van der Waals surface area contributed by atoms with Gasteiger partial charge in [0.05, 0.1) is 6.54 Å². The van der Waals surface area contributed by atoms with Crippen LogP contribution in [-0.4, -0.2) is 20.6 Å². The van der Waals surface area contributed by atoms with Gasteiger partial charge in [0.15, 0.2) is 5.82 Å². The summed E-state index contributed by atoms with van der Waals surface area (Å²) in [5, 5.41) is 7.20. The maximum atomic E-state index is 12.4.